The number of hydrogen-bond acceptors (Lipinski definition) is 4. The number of carbonyl (C=O) groups is 1. The molecule has 1 amide bonds. The number of nitrogens with zero attached hydrogens (tertiary/aromatic N) is 1. The Balaban J connectivity index is 1.42. The quantitative estimate of drug-likeness (QED) is 0.249. The number of hydrazone groups is 1. The molecule has 0 aliphatic carbocycles. The monoisotopic (exact) mass is 472 g/mol. The van der Waals surface area contributed by atoms with Crippen molar-refractivity contribution >= 4 is 57.9 Å². The average Bonchev–Trinajstić information content (AvgIpc) is 3.18. The molecule has 8 heteroatoms. The molecule has 4 aromatic rings. The van der Waals surface area contributed by atoms with Crippen LogP contribution >= 0.6 is 34.8 Å². The molecule has 5 nitrogen and oxygen atoms in total. The van der Waals surface area contributed by atoms with Crippen molar-refractivity contribution in [3.8, 4) is 5.75 Å². The van der Waals surface area contributed by atoms with Crippen molar-refractivity contribution in [2.45, 2.75) is 6.61 Å². The number of fused-ring (bicyclic) bond motifs is 1. The average molecular weight is 474 g/mol. The lowest BCUT2D eigenvalue weighted by atomic mass is 10.2. The molecular formula is C23H15Cl3N2O3. The Bertz CT molecular complexity index is 1280. The highest BCUT2D eigenvalue weighted by Crippen LogP contribution is 2.25. The molecule has 0 fully saturated rings. The summed E-state index contributed by atoms with van der Waals surface area (Å²) >= 11 is 18.0. The van der Waals surface area contributed by atoms with Gasteiger partial charge in [0.25, 0.3) is 0 Å². The summed E-state index contributed by atoms with van der Waals surface area (Å²) in [4.78, 5) is 12.3. The maximum atomic E-state index is 12.3. The number of furan rings is 1. The molecule has 1 N–H and O–H groups in total. The Morgan fingerprint density at radius 2 is 1.84 bits per heavy atom. The minimum absolute atomic E-state index is 0.138. The van der Waals surface area contributed by atoms with E-state index < -0.39 is 5.91 Å². The molecule has 0 unspecified atom stereocenters. The van der Waals surface area contributed by atoms with Crippen LogP contribution in [-0.2, 0) is 6.61 Å². The van der Waals surface area contributed by atoms with E-state index in [9.17, 15) is 4.79 Å². The lowest BCUT2D eigenvalue weighted by Crippen LogP contribution is -2.16. The van der Waals surface area contributed by atoms with Gasteiger partial charge in [-0.05, 0) is 54.1 Å². The third-order valence-electron chi connectivity index (χ3n) is 4.37. The van der Waals surface area contributed by atoms with Crippen LogP contribution in [0.5, 0.6) is 5.75 Å². The molecule has 0 spiro atoms. The van der Waals surface area contributed by atoms with Crippen LogP contribution in [0, 0.1) is 0 Å². The molecule has 0 saturated carbocycles. The van der Waals surface area contributed by atoms with Crippen LogP contribution in [0.4, 0.5) is 0 Å². The first-order chi connectivity index (χ1) is 15.0. The largest absolute Gasteiger partial charge is 0.488 e. The fourth-order valence-corrected chi connectivity index (χ4v) is 3.35. The SMILES string of the molecule is O=C(N/N=C/c1ccccc1OCc1ccc(Cl)c(Cl)c1)c1cc2cc(Cl)ccc2o1. The van der Waals surface area contributed by atoms with E-state index in [4.69, 9.17) is 44.0 Å². The van der Waals surface area contributed by atoms with Crippen LogP contribution in [0.3, 0.4) is 0 Å². The fourth-order valence-electron chi connectivity index (χ4n) is 2.85. The summed E-state index contributed by atoms with van der Waals surface area (Å²) in [6.07, 6.45) is 1.50. The number of ether oxygens (including phenoxy) is 1. The third-order valence-corrected chi connectivity index (χ3v) is 5.34. The Morgan fingerprint density at radius 1 is 1.00 bits per heavy atom. The van der Waals surface area contributed by atoms with E-state index >= 15 is 0 Å². The smallest absolute Gasteiger partial charge is 0.307 e. The lowest BCUT2D eigenvalue weighted by molar-refractivity contribution is 0.0929. The highest BCUT2D eigenvalue weighted by atomic mass is 35.5. The molecule has 0 bridgehead atoms. The van der Waals surface area contributed by atoms with Crippen LogP contribution in [-0.4, -0.2) is 12.1 Å². The number of hydrogen-bond donors (Lipinski definition) is 1. The predicted octanol–water partition coefficient (Wildman–Crippen LogP) is 6.74. The van der Waals surface area contributed by atoms with E-state index in [1.54, 1.807) is 36.4 Å². The van der Waals surface area contributed by atoms with Gasteiger partial charge in [-0.3, -0.25) is 4.79 Å². The van der Waals surface area contributed by atoms with Crippen LogP contribution in [0.25, 0.3) is 11.0 Å². The zero-order valence-corrected chi connectivity index (χ0v) is 18.2. The number of nitrogens with one attached hydrogen (secondary N) is 1. The Hall–Kier alpha value is -2.99. The second kappa shape index (κ2) is 9.43. The van der Waals surface area contributed by atoms with Crippen molar-refractivity contribution in [1.29, 1.82) is 0 Å². The van der Waals surface area contributed by atoms with E-state index in [0.29, 0.717) is 38.6 Å². The summed E-state index contributed by atoms with van der Waals surface area (Å²) in [6, 6.07) is 19.4. The van der Waals surface area contributed by atoms with Gasteiger partial charge >= 0.3 is 5.91 Å². The molecule has 0 saturated heterocycles. The summed E-state index contributed by atoms with van der Waals surface area (Å²) in [7, 11) is 0. The first kappa shape index (κ1) is 21.2. The highest BCUT2D eigenvalue weighted by Gasteiger charge is 2.12. The van der Waals surface area contributed by atoms with E-state index in [2.05, 4.69) is 10.5 Å². The number of rotatable bonds is 6. The van der Waals surface area contributed by atoms with Gasteiger partial charge in [0, 0.05) is 16.0 Å². The molecular weight excluding hydrogens is 459 g/mol. The summed E-state index contributed by atoms with van der Waals surface area (Å²) < 4.78 is 11.4. The first-order valence-electron chi connectivity index (χ1n) is 9.18. The minimum Gasteiger partial charge on any atom is -0.488 e. The molecule has 0 atom stereocenters. The van der Waals surface area contributed by atoms with Gasteiger partial charge in [0.2, 0.25) is 0 Å². The summed E-state index contributed by atoms with van der Waals surface area (Å²) in [5.74, 6) is 0.265. The van der Waals surface area contributed by atoms with Gasteiger partial charge in [-0.2, -0.15) is 5.10 Å². The van der Waals surface area contributed by atoms with Crippen LogP contribution < -0.4 is 10.2 Å². The predicted molar refractivity (Wildman–Crippen MR) is 124 cm³/mol. The third kappa shape index (κ3) is 5.20. The molecule has 1 aromatic heterocycles. The molecule has 156 valence electrons. The highest BCUT2D eigenvalue weighted by molar-refractivity contribution is 6.42. The zero-order chi connectivity index (χ0) is 21.8. The van der Waals surface area contributed by atoms with Gasteiger partial charge in [0.15, 0.2) is 5.76 Å². The molecule has 3 aromatic carbocycles. The van der Waals surface area contributed by atoms with Gasteiger partial charge in [0.05, 0.1) is 16.3 Å². The molecule has 31 heavy (non-hydrogen) atoms. The molecule has 0 radical (unpaired) electrons. The van der Waals surface area contributed by atoms with Gasteiger partial charge in [0.1, 0.15) is 17.9 Å². The topological polar surface area (TPSA) is 63.8 Å². The van der Waals surface area contributed by atoms with Crippen molar-refractivity contribution in [3.63, 3.8) is 0 Å². The summed E-state index contributed by atoms with van der Waals surface area (Å²) in [6.45, 7) is 0.301. The van der Waals surface area contributed by atoms with Crippen LogP contribution in [0.15, 0.2) is 76.2 Å². The summed E-state index contributed by atoms with van der Waals surface area (Å²) in [5, 5.41) is 6.28. The second-order valence-corrected chi connectivity index (χ2v) is 7.82. The number of benzene rings is 3. The van der Waals surface area contributed by atoms with E-state index in [1.807, 2.05) is 30.3 Å². The number of halogens is 3. The minimum atomic E-state index is -0.474. The van der Waals surface area contributed by atoms with E-state index in [0.717, 1.165) is 10.9 Å². The standard InChI is InChI=1S/C23H15Cl3N2O3/c24-17-6-8-21-16(10-17)11-22(31-21)23(29)28-27-12-15-3-1-2-4-20(15)30-13-14-5-7-18(25)19(26)9-14/h1-12H,13H2,(H,28,29)/b27-12+. The van der Waals surface area contributed by atoms with Gasteiger partial charge in [-0.25, -0.2) is 5.43 Å². The second-order valence-electron chi connectivity index (χ2n) is 6.57. The number of carbonyl (C=O) groups excluding carboxylic acids is 1. The van der Waals surface area contributed by atoms with Crippen molar-refractivity contribution in [2.75, 3.05) is 0 Å². The maximum Gasteiger partial charge on any atom is 0.307 e. The van der Waals surface area contributed by atoms with Crippen molar-refractivity contribution in [2.24, 2.45) is 5.10 Å². The fraction of sp³-hybridized carbons (Fsp3) is 0.0435. The van der Waals surface area contributed by atoms with Crippen molar-refractivity contribution in [1.82, 2.24) is 5.43 Å². The molecule has 4 rings (SSSR count). The summed E-state index contributed by atoms with van der Waals surface area (Å²) in [5.41, 5.74) is 4.59. The first-order valence-corrected chi connectivity index (χ1v) is 10.3. The van der Waals surface area contributed by atoms with Crippen LogP contribution in [0.2, 0.25) is 15.1 Å². The van der Waals surface area contributed by atoms with Gasteiger partial charge in [-0.1, -0.05) is 53.0 Å². The van der Waals surface area contributed by atoms with Crippen molar-refractivity contribution in [3.05, 3.63) is 98.7 Å². The Labute approximate surface area is 193 Å². The van der Waals surface area contributed by atoms with E-state index in [-0.39, 0.29) is 5.76 Å². The normalized spacial score (nSPS) is 11.2. The lowest BCUT2D eigenvalue weighted by Gasteiger charge is -2.09. The van der Waals surface area contributed by atoms with E-state index in [1.165, 1.54) is 6.21 Å². The van der Waals surface area contributed by atoms with Crippen LogP contribution in [0.1, 0.15) is 21.7 Å². The number of para-hydroxylation sites is 1. The Kier molecular flexibility index (Phi) is 6.47. The molecule has 1 heterocycles. The maximum absolute atomic E-state index is 12.3. The van der Waals surface area contributed by atoms with Gasteiger partial charge in [-0.15, -0.1) is 0 Å². The molecule has 0 aliphatic heterocycles. The zero-order valence-electron chi connectivity index (χ0n) is 15.9. The number of amides is 1. The molecule has 0 aliphatic rings. The van der Waals surface area contributed by atoms with Crippen molar-refractivity contribution < 1.29 is 13.9 Å². The van der Waals surface area contributed by atoms with Gasteiger partial charge < -0.3 is 9.15 Å². The Morgan fingerprint density at radius 3 is 2.68 bits per heavy atom.